The molecule has 1 amide bonds. The lowest BCUT2D eigenvalue weighted by Gasteiger charge is -2.03. The van der Waals surface area contributed by atoms with E-state index in [9.17, 15) is 9.18 Å². The molecule has 0 saturated heterocycles. The average molecular weight is 344 g/mol. The Morgan fingerprint density at radius 2 is 1.83 bits per heavy atom. The number of aryl methyl sites for hydroxylation is 1. The average Bonchev–Trinajstić information content (AvgIpc) is 2.90. The van der Waals surface area contributed by atoms with E-state index < -0.39 is 0 Å². The van der Waals surface area contributed by atoms with Crippen LogP contribution in [0.25, 0.3) is 11.4 Å². The van der Waals surface area contributed by atoms with Crippen LogP contribution in [0.5, 0.6) is 0 Å². The lowest BCUT2D eigenvalue weighted by atomic mass is 10.2. The number of hydrogen-bond donors (Lipinski definition) is 1. The monoisotopic (exact) mass is 343 g/mol. The number of nitrogens with zero attached hydrogens (tertiary/aromatic N) is 2. The smallest absolute Gasteiger partial charge is 0.230 e. The van der Waals surface area contributed by atoms with Gasteiger partial charge in [-0.3, -0.25) is 4.79 Å². The van der Waals surface area contributed by atoms with Crippen LogP contribution >= 0.6 is 11.6 Å². The summed E-state index contributed by atoms with van der Waals surface area (Å²) in [6.45, 7) is 0. The summed E-state index contributed by atoms with van der Waals surface area (Å²) in [5, 5.41) is 3.38. The molecule has 0 fully saturated rings. The molecule has 0 aliphatic rings. The van der Waals surface area contributed by atoms with Gasteiger partial charge in [-0.25, -0.2) is 9.37 Å². The fourth-order valence-corrected chi connectivity index (χ4v) is 2.51. The van der Waals surface area contributed by atoms with Gasteiger partial charge >= 0.3 is 0 Å². The van der Waals surface area contributed by atoms with Crippen LogP contribution in [0.15, 0.2) is 54.7 Å². The second-order valence-corrected chi connectivity index (χ2v) is 5.84. The molecule has 1 aromatic heterocycles. The van der Waals surface area contributed by atoms with Gasteiger partial charge in [-0.1, -0.05) is 11.6 Å². The molecule has 0 bridgehead atoms. The zero-order chi connectivity index (χ0) is 17.1. The number of amides is 1. The van der Waals surface area contributed by atoms with Crippen molar-refractivity contribution in [3.63, 3.8) is 0 Å². The fourth-order valence-electron chi connectivity index (χ4n) is 2.38. The number of nitrogens with one attached hydrogen (secondary N) is 1. The van der Waals surface area contributed by atoms with Crippen molar-refractivity contribution < 1.29 is 9.18 Å². The molecule has 1 heterocycles. The molecular formula is C18H15ClFN3O. The topological polar surface area (TPSA) is 46.9 Å². The summed E-state index contributed by atoms with van der Waals surface area (Å²) in [7, 11) is 1.87. The minimum atomic E-state index is -0.342. The van der Waals surface area contributed by atoms with Gasteiger partial charge in [-0.15, -0.1) is 0 Å². The van der Waals surface area contributed by atoms with Crippen LogP contribution < -0.4 is 5.32 Å². The molecule has 0 radical (unpaired) electrons. The molecule has 3 rings (SSSR count). The van der Waals surface area contributed by atoms with Gasteiger partial charge in [-0.2, -0.15) is 0 Å². The highest BCUT2D eigenvalue weighted by atomic mass is 35.5. The number of benzene rings is 2. The zero-order valence-corrected chi connectivity index (χ0v) is 13.7. The first kappa shape index (κ1) is 16.2. The quantitative estimate of drug-likeness (QED) is 0.776. The SMILES string of the molecule is Cn1cc(CC(=O)Nc2ccc(F)cc2)nc1-c1ccc(Cl)cc1. The third-order valence-corrected chi connectivity index (χ3v) is 3.75. The molecule has 1 N–H and O–H groups in total. The maximum absolute atomic E-state index is 12.9. The molecule has 2 aromatic carbocycles. The van der Waals surface area contributed by atoms with Crippen molar-refractivity contribution in [2.45, 2.75) is 6.42 Å². The second-order valence-electron chi connectivity index (χ2n) is 5.41. The first-order valence-corrected chi connectivity index (χ1v) is 7.72. The van der Waals surface area contributed by atoms with E-state index in [1.54, 1.807) is 12.1 Å². The summed E-state index contributed by atoms with van der Waals surface area (Å²) in [6.07, 6.45) is 1.95. The van der Waals surface area contributed by atoms with Crippen molar-refractivity contribution in [1.82, 2.24) is 9.55 Å². The Hall–Kier alpha value is -2.66. The van der Waals surface area contributed by atoms with Gasteiger partial charge in [0.25, 0.3) is 0 Å². The largest absolute Gasteiger partial charge is 0.334 e. The molecule has 0 aliphatic carbocycles. The maximum Gasteiger partial charge on any atom is 0.230 e. The summed E-state index contributed by atoms with van der Waals surface area (Å²) in [4.78, 5) is 16.6. The summed E-state index contributed by atoms with van der Waals surface area (Å²) < 4.78 is 14.7. The first-order valence-electron chi connectivity index (χ1n) is 7.35. The molecule has 0 unspecified atom stereocenters. The lowest BCUT2D eigenvalue weighted by molar-refractivity contribution is -0.115. The number of carbonyl (C=O) groups excluding carboxylic acids is 1. The van der Waals surface area contributed by atoms with Gasteiger partial charge in [0.05, 0.1) is 12.1 Å². The van der Waals surface area contributed by atoms with E-state index in [0.29, 0.717) is 16.4 Å². The Morgan fingerprint density at radius 3 is 2.50 bits per heavy atom. The predicted octanol–water partition coefficient (Wildman–Crippen LogP) is 4.06. The number of halogens is 2. The molecule has 3 aromatic rings. The normalized spacial score (nSPS) is 10.6. The Morgan fingerprint density at radius 1 is 1.17 bits per heavy atom. The van der Waals surface area contributed by atoms with Crippen LogP contribution in [-0.4, -0.2) is 15.5 Å². The van der Waals surface area contributed by atoms with Crippen LogP contribution in [0.2, 0.25) is 5.02 Å². The Bertz CT molecular complexity index is 857. The number of aromatic nitrogens is 2. The third kappa shape index (κ3) is 3.81. The summed E-state index contributed by atoms with van der Waals surface area (Å²) in [5.74, 6) is 0.212. The highest BCUT2D eigenvalue weighted by Gasteiger charge is 2.11. The molecule has 6 heteroatoms. The molecule has 0 aliphatic heterocycles. The van der Waals surface area contributed by atoms with Crippen LogP contribution in [0.4, 0.5) is 10.1 Å². The first-order chi connectivity index (χ1) is 11.5. The van der Waals surface area contributed by atoms with Crippen molar-refractivity contribution in [3.05, 3.63) is 71.3 Å². The minimum Gasteiger partial charge on any atom is -0.334 e. The highest BCUT2D eigenvalue weighted by Crippen LogP contribution is 2.21. The number of carbonyl (C=O) groups is 1. The Kier molecular flexibility index (Phi) is 4.62. The van der Waals surface area contributed by atoms with Crippen molar-refractivity contribution >= 4 is 23.2 Å². The molecule has 0 atom stereocenters. The Labute approximate surface area is 143 Å². The Balaban J connectivity index is 1.71. The predicted molar refractivity (Wildman–Crippen MR) is 92.4 cm³/mol. The van der Waals surface area contributed by atoms with Crippen LogP contribution in [0.3, 0.4) is 0 Å². The molecule has 122 valence electrons. The van der Waals surface area contributed by atoms with E-state index in [-0.39, 0.29) is 18.1 Å². The van der Waals surface area contributed by atoms with Gasteiger partial charge < -0.3 is 9.88 Å². The van der Waals surface area contributed by atoms with Crippen molar-refractivity contribution in [2.75, 3.05) is 5.32 Å². The van der Waals surface area contributed by atoms with Gasteiger partial charge in [-0.05, 0) is 48.5 Å². The molecule has 0 spiro atoms. The summed E-state index contributed by atoms with van der Waals surface area (Å²) in [6, 6.07) is 13.0. The van der Waals surface area contributed by atoms with Gasteiger partial charge in [0.2, 0.25) is 5.91 Å². The lowest BCUT2D eigenvalue weighted by Crippen LogP contribution is -2.14. The van der Waals surface area contributed by atoms with E-state index in [0.717, 1.165) is 11.4 Å². The highest BCUT2D eigenvalue weighted by molar-refractivity contribution is 6.30. The van der Waals surface area contributed by atoms with Crippen molar-refractivity contribution in [1.29, 1.82) is 0 Å². The molecule has 0 saturated carbocycles. The second kappa shape index (κ2) is 6.84. The number of imidazole rings is 1. The zero-order valence-electron chi connectivity index (χ0n) is 13.0. The fraction of sp³-hybridized carbons (Fsp3) is 0.111. The van der Waals surface area contributed by atoms with E-state index in [4.69, 9.17) is 11.6 Å². The number of rotatable bonds is 4. The van der Waals surface area contributed by atoms with Crippen LogP contribution in [-0.2, 0) is 18.3 Å². The van der Waals surface area contributed by atoms with E-state index in [2.05, 4.69) is 10.3 Å². The van der Waals surface area contributed by atoms with Crippen molar-refractivity contribution in [3.8, 4) is 11.4 Å². The molecular weight excluding hydrogens is 329 g/mol. The van der Waals surface area contributed by atoms with Gasteiger partial charge in [0.15, 0.2) is 0 Å². The maximum atomic E-state index is 12.9. The van der Waals surface area contributed by atoms with Crippen LogP contribution in [0, 0.1) is 5.82 Å². The summed E-state index contributed by atoms with van der Waals surface area (Å²) >= 11 is 5.90. The van der Waals surface area contributed by atoms with Gasteiger partial charge in [0, 0.05) is 29.5 Å². The standard InChI is InChI=1S/C18H15ClFN3O/c1-23-11-16(22-18(23)12-2-4-13(19)5-3-12)10-17(24)21-15-8-6-14(20)7-9-15/h2-9,11H,10H2,1H3,(H,21,24). The van der Waals surface area contributed by atoms with Crippen molar-refractivity contribution in [2.24, 2.45) is 7.05 Å². The molecule has 4 nitrogen and oxygen atoms in total. The number of hydrogen-bond acceptors (Lipinski definition) is 2. The van der Waals surface area contributed by atoms with E-state index in [1.165, 1.54) is 24.3 Å². The van der Waals surface area contributed by atoms with Crippen LogP contribution in [0.1, 0.15) is 5.69 Å². The van der Waals surface area contributed by atoms with E-state index in [1.807, 2.05) is 29.9 Å². The molecule has 24 heavy (non-hydrogen) atoms. The van der Waals surface area contributed by atoms with E-state index >= 15 is 0 Å². The van der Waals surface area contributed by atoms with Gasteiger partial charge in [0.1, 0.15) is 11.6 Å². The minimum absolute atomic E-state index is 0.138. The number of anilines is 1. The summed E-state index contributed by atoms with van der Waals surface area (Å²) in [5.41, 5.74) is 2.13. The third-order valence-electron chi connectivity index (χ3n) is 3.50.